The number of hydrogen-bond donors (Lipinski definition) is 2. The topological polar surface area (TPSA) is 32.3 Å². The lowest BCUT2D eigenvalue weighted by atomic mass is 9.76. The lowest BCUT2D eigenvalue weighted by Gasteiger charge is -2.39. The summed E-state index contributed by atoms with van der Waals surface area (Å²) in [5.41, 5.74) is 3.33. The summed E-state index contributed by atoms with van der Waals surface area (Å²) in [7, 11) is 0. The Hall–Kier alpha value is -2.42. The molecule has 0 saturated carbocycles. The molecule has 0 aliphatic heterocycles. The molecule has 0 radical (unpaired) electrons. The van der Waals surface area contributed by atoms with Crippen LogP contribution in [0.5, 0.6) is 0 Å². The smallest absolute Gasteiger partial charge is 0.0949 e. The molecule has 0 aromatic heterocycles. The molecule has 0 bridgehead atoms. The maximum atomic E-state index is 9.05. The van der Waals surface area contributed by atoms with Crippen molar-refractivity contribution in [2.24, 2.45) is 0 Å². The predicted octanol–water partition coefficient (Wildman–Crippen LogP) is 5.51. The molecule has 0 heterocycles. The van der Waals surface area contributed by atoms with Crippen molar-refractivity contribution in [1.29, 1.82) is 0 Å². The summed E-state index contributed by atoms with van der Waals surface area (Å²) in [5, 5.41) is 13.0. The van der Waals surface area contributed by atoms with Gasteiger partial charge >= 0.3 is 0 Å². The fourth-order valence-corrected chi connectivity index (χ4v) is 4.00. The van der Waals surface area contributed by atoms with E-state index in [1.54, 1.807) is 0 Å². The monoisotopic (exact) mass is 373 g/mol. The third-order valence-electron chi connectivity index (χ3n) is 5.38. The molecule has 0 saturated heterocycles. The first-order valence-corrected chi connectivity index (χ1v) is 10.3. The molecule has 28 heavy (non-hydrogen) atoms. The van der Waals surface area contributed by atoms with Crippen molar-refractivity contribution in [1.82, 2.24) is 5.32 Å². The van der Waals surface area contributed by atoms with E-state index < -0.39 is 5.54 Å². The number of aliphatic hydroxyl groups is 1. The molecule has 1 unspecified atom stereocenters. The fraction of sp³-hybridized carbons (Fsp3) is 0.308. The van der Waals surface area contributed by atoms with Gasteiger partial charge in [-0.2, -0.15) is 0 Å². The molecule has 2 heteroatoms. The van der Waals surface area contributed by atoms with Crippen LogP contribution >= 0.6 is 0 Å². The fourth-order valence-electron chi connectivity index (χ4n) is 4.00. The second-order valence-electron chi connectivity index (χ2n) is 7.47. The summed E-state index contributed by atoms with van der Waals surface area (Å²) in [4.78, 5) is 0. The van der Waals surface area contributed by atoms with Gasteiger partial charge in [0.15, 0.2) is 0 Å². The van der Waals surface area contributed by atoms with Gasteiger partial charge in [-0.15, -0.1) is 0 Å². The second kappa shape index (κ2) is 10.2. The van der Waals surface area contributed by atoms with Crippen LogP contribution in [0, 0.1) is 0 Å². The molecule has 2 N–H and O–H groups in total. The van der Waals surface area contributed by atoms with Gasteiger partial charge in [-0.25, -0.2) is 0 Å². The quantitative estimate of drug-likeness (QED) is 0.363. The van der Waals surface area contributed by atoms with Crippen molar-refractivity contribution >= 4 is 0 Å². The highest BCUT2D eigenvalue weighted by molar-refractivity contribution is 5.49. The molecule has 1 atom stereocenters. The first kappa shape index (κ1) is 20.3. The Kier molecular flexibility index (Phi) is 7.41. The van der Waals surface area contributed by atoms with Crippen molar-refractivity contribution in [3.05, 3.63) is 108 Å². The molecular weight excluding hydrogens is 342 g/mol. The van der Waals surface area contributed by atoms with Crippen molar-refractivity contribution < 1.29 is 5.11 Å². The lowest BCUT2D eigenvalue weighted by Crippen LogP contribution is -2.48. The van der Waals surface area contributed by atoms with Crippen LogP contribution in [-0.2, 0) is 5.54 Å². The Morgan fingerprint density at radius 2 is 1.11 bits per heavy atom. The Bertz CT molecular complexity index is 705. The lowest BCUT2D eigenvalue weighted by molar-refractivity contribution is 0.280. The Balaban J connectivity index is 2.04. The first-order chi connectivity index (χ1) is 13.8. The second-order valence-corrected chi connectivity index (χ2v) is 7.47. The Morgan fingerprint density at radius 3 is 1.50 bits per heavy atom. The van der Waals surface area contributed by atoms with E-state index in [9.17, 15) is 0 Å². The summed E-state index contributed by atoms with van der Waals surface area (Å²) >= 11 is 0. The molecule has 3 aromatic carbocycles. The van der Waals surface area contributed by atoms with Crippen LogP contribution in [0.4, 0.5) is 0 Å². The van der Waals surface area contributed by atoms with Crippen LogP contribution in [0.15, 0.2) is 91.0 Å². The van der Waals surface area contributed by atoms with Crippen molar-refractivity contribution in [3.8, 4) is 0 Å². The van der Waals surface area contributed by atoms with E-state index in [1.165, 1.54) is 16.7 Å². The van der Waals surface area contributed by atoms with Crippen LogP contribution in [0.2, 0.25) is 0 Å². The highest BCUT2D eigenvalue weighted by Gasteiger charge is 2.36. The minimum Gasteiger partial charge on any atom is -0.396 e. The number of nitrogens with one attached hydrogen (secondary N) is 1. The van der Waals surface area contributed by atoms with E-state index in [2.05, 4.69) is 103 Å². The number of rotatable bonds is 10. The molecule has 0 spiro atoms. The number of aliphatic hydroxyl groups excluding tert-OH is 1. The minimum absolute atomic E-state index is 0.282. The van der Waals surface area contributed by atoms with Gasteiger partial charge in [0.2, 0.25) is 0 Å². The van der Waals surface area contributed by atoms with Crippen LogP contribution in [-0.4, -0.2) is 17.8 Å². The third-order valence-corrected chi connectivity index (χ3v) is 5.38. The van der Waals surface area contributed by atoms with E-state index in [0.29, 0.717) is 6.04 Å². The molecule has 2 nitrogen and oxygen atoms in total. The summed E-state index contributed by atoms with van der Waals surface area (Å²) in [6.45, 7) is 2.55. The summed E-state index contributed by atoms with van der Waals surface area (Å²) < 4.78 is 0. The maximum Gasteiger partial charge on any atom is 0.0949 e. The number of unbranched alkanes of at least 4 members (excludes halogenated alkanes) is 2. The largest absolute Gasteiger partial charge is 0.396 e. The Labute approximate surface area is 169 Å². The molecule has 3 aromatic rings. The van der Waals surface area contributed by atoms with Crippen LogP contribution in [0.3, 0.4) is 0 Å². The highest BCUT2D eigenvalue weighted by atomic mass is 16.2. The van der Waals surface area contributed by atoms with Crippen LogP contribution in [0.25, 0.3) is 0 Å². The SMILES string of the molecule is CC(CCCCCO)NC(c1ccccc1)(c1ccccc1)c1ccccc1. The molecule has 0 fully saturated rings. The zero-order valence-corrected chi connectivity index (χ0v) is 16.7. The molecule has 0 aliphatic rings. The summed E-state index contributed by atoms with van der Waals surface area (Å²) in [6, 6.07) is 32.5. The van der Waals surface area contributed by atoms with Crippen LogP contribution < -0.4 is 5.32 Å². The first-order valence-electron chi connectivity index (χ1n) is 10.3. The van der Waals surface area contributed by atoms with Gasteiger partial charge in [-0.3, -0.25) is 5.32 Å². The van der Waals surface area contributed by atoms with Crippen molar-refractivity contribution in [3.63, 3.8) is 0 Å². The standard InChI is InChI=1S/C26H31NO/c1-22(14-6-5-13-21-28)27-26(23-15-7-2-8-16-23,24-17-9-3-10-18-24)25-19-11-4-12-20-25/h2-4,7-12,15-20,22,27-28H,5-6,13-14,21H2,1H3. The van der Waals surface area contributed by atoms with Gasteiger partial charge in [0.1, 0.15) is 0 Å². The van der Waals surface area contributed by atoms with E-state index in [1.807, 2.05) is 0 Å². The van der Waals surface area contributed by atoms with Gasteiger partial charge in [0.05, 0.1) is 5.54 Å². The molecule has 0 aliphatic carbocycles. The highest BCUT2D eigenvalue weighted by Crippen LogP contribution is 2.37. The summed E-state index contributed by atoms with van der Waals surface area (Å²) in [6.07, 6.45) is 4.14. The minimum atomic E-state index is -0.403. The number of hydrogen-bond acceptors (Lipinski definition) is 2. The predicted molar refractivity (Wildman–Crippen MR) is 117 cm³/mol. The molecule has 146 valence electrons. The van der Waals surface area contributed by atoms with Gasteiger partial charge in [0.25, 0.3) is 0 Å². The Morgan fingerprint density at radius 1 is 0.679 bits per heavy atom. The number of benzene rings is 3. The van der Waals surface area contributed by atoms with Crippen LogP contribution in [0.1, 0.15) is 49.3 Å². The van der Waals surface area contributed by atoms with Gasteiger partial charge in [-0.05, 0) is 36.5 Å². The molecule has 0 amide bonds. The van der Waals surface area contributed by atoms with Crippen molar-refractivity contribution in [2.75, 3.05) is 6.61 Å². The average molecular weight is 374 g/mol. The average Bonchev–Trinajstić information content (AvgIpc) is 2.77. The van der Waals surface area contributed by atoms with Gasteiger partial charge < -0.3 is 5.11 Å². The zero-order valence-electron chi connectivity index (χ0n) is 16.7. The normalized spacial score (nSPS) is 12.6. The van der Waals surface area contributed by atoms with Gasteiger partial charge in [0, 0.05) is 12.6 Å². The molecular formula is C26H31NO. The van der Waals surface area contributed by atoms with Gasteiger partial charge in [-0.1, -0.05) is 104 Å². The zero-order chi connectivity index (χ0) is 19.7. The van der Waals surface area contributed by atoms with E-state index >= 15 is 0 Å². The third kappa shape index (κ3) is 4.70. The molecule has 3 rings (SSSR count). The van der Waals surface area contributed by atoms with E-state index in [-0.39, 0.29) is 6.61 Å². The van der Waals surface area contributed by atoms with Crippen molar-refractivity contribution in [2.45, 2.75) is 44.2 Å². The van der Waals surface area contributed by atoms with E-state index in [4.69, 9.17) is 5.11 Å². The maximum absolute atomic E-state index is 9.05. The summed E-state index contributed by atoms with van der Waals surface area (Å²) in [5.74, 6) is 0. The van der Waals surface area contributed by atoms with E-state index in [0.717, 1.165) is 25.7 Å².